The maximum absolute atomic E-state index is 12.4. The summed E-state index contributed by atoms with van der Waals surface area (Å²) < 4.78 is 27.5. The molecule has 2 rings (SSSR count). The van der Waals surface area contributed by atoms with E-state index in [9.17, 15) is 13.2 Å². The van der Waals surface area contributed by atoms with Gasteiger partial charge in [0.15, 0.2) is 5.25 Å². The molecule has 1 aliphatic heterocycles. The highest BCUT2D eigenvalue weighted by Gasteiger charge is 2.32. The summed E-state index contributed by atoms with van der Waals surface area (Å²) in [5.74, 6) is -0.409. The van der Waals surface area contributed by atoms with Crippen molar-refractivity contribution >= 4 is 21.6 Å². The number of para-hydroxylation sites is 1. The average molecular weight is 339 g/mol. The second-order valence-corrected chi connectivity index (χ2v) is 8.19. The summed E-state index contributed by atoms with van der Waals surface area (Å²) in [6.07, 6.45) is 1.70. The van der Waals surface area contributed by atoms with Crippen LogP contribution < -0.4 is 9.62 Å². The Hall–Kier alpha value is -1.60. The summed E-state index contributed by atoms with van der Waals surface area (Å²) in [6, 6.07) is 9.78. The summed E-state index contributed by atoms with van der Waals surface area (Å²) in [7, 11) is -0.554. The van der Waals surface area contributed by atoms with E-state index < -0.39 is 21.2 Å². The minimum absolute atomic E-state index is 0.175. The number of nitrogens with zero attached hydrogens (tertiary/aromatic N) is 2. The highest BCUT2D eigenvalue weighted by molar-refractivity contribution is 7.90. The van der Waals surface area contributed by atoms with Gasteiger partial charge in [-0.15, -0.1) is 0 Å². The fraction of sp³-hybridized carbons (Fsp3) is 0.562. The predicted octanol–water partition coefficient (Wildman–Crippen LogP) is 1.05. The molecule has 0 aliphatic carbocycles. The van der Waals surface area contributed by atoms with Gasteiger partial charge in [0.25, 0.3) is 0 Å². The van der Waals surface area contributed by atoms with E-state index in [2.05, 4.69) is 9.62 Å². The van der Waals surface area contributed by atoms with Crippen LogP contribution in [-0.2, 0) is 14.8 Å². The zero-order valence-corrected chi connectivity index (χ0v) is 14.7. The van der Waals surface area contributed by atoms with Crippen molar-refractivity contribution in [3.05, 3.63) is 30.3 Å². The first-order chi connectivity index (χ1) is 10.8. The Balaban J connectivity index is 2.03. The highest BCUT2D eigenvalue weighted by Crippen LogP contribution is 2.20. The van der Waals surface area contributed by atoms with E-state index >= 15 is 0 Å². The van der Waals surface area contributed by atoms with Crippen LogP contribution in [-0.4, -0.2) is 57.7 Å². The van der Waals surface area contributed by atoms with E-state index in [4.69, 9.17) is 0 Å². The second kappa shape index (κ2) is 7.31. The molecule has 1 aromatic rings. The third kappa shape index (κ3) is 4.45. The summed E-state index contributed by atoms with van der Waals surface area (Å²) in [6.45, 7) is 2.96. The van der Waals surface area contributed by atoms with Crippen LogP contribution in [0.5, 0.6) is 0 Å². The molecule has 2 atom stereocenters. The summed E-state index contributed by atoms with van der Waals surface area (Å²) in [5.41, 5.74) is 1.09. The van der Waals surface area contributed by atoms with Gasteiger partial charge in [-0.3, -0.25) is 4.79 Å². The standard InChI is InChI=1S/C16H25N3O3S/c1-13(16(20)18(2)3)23(21,22)17-14-8-7-11-19(12-14)15-9-5-4-6-10-15/h4-6,9-10,13-14,17H,7-8,11-12H2,1-3H3/t13-,14+/m1/s1. The van der Waals surface area contributed by atoms with Gasteiger partial charge < -0.3 is 9.80 Å². The van der Waals surface area contributed by atoms with Crippen molar-refractivity contribution in [2.24, 2.45) is 0 Å². The van der Waals surface area contributed by atoms with Crippen LogP contribution in [0.15, 0.2) is 30.3 Å². The average Bonchev–Trinajstić information content (AvgIpc) is 2.54. The molecule has 1 amide bonds. The number of hydrogen-bond acceptors (Lipinski definition) is 4. The topological polar surface area (TPSA) is 69.7 Å². The lowest BCUT2D eigenvalue weighted by Crippen LogP contribution is -2.52. The molecule has 1 saturated heterocycles. The molecule has 1 aliphatic rings. The molecule has 0 saturated carbocycles. The third-order valence-electron chi connectivity index (χ3n) is 4.13. The zero-order valence-electron chi connectivity index (χ0n) is 13.9. The molecule has 128 valence electrons. The Bertz CT molecular complexity index is 631. The van der Waals surface area contributed by atoms with E-state index in [1.54, 1.807) is 14.1 Å². The number of carbonyl (C=O) groups excluding carboxylic acids is 1. The lowest BCUT2D eigenvalue weighted by Gasteiger charge is -2.35. The smallest absolute Gasteiger partial charge is 0.241 e. The van der Waals surface area contributed by atoms with Gasteiger partial charge in [-0.25, -0.2) is 13.1 Å². The van der Waals surface area contributed by atoms with Crippen LogP contribution in [0, 0.1) is 0 Å². The molecule has 0 bridgehead atoms. The number of nitrogens with one attached hydrogen (secondary N) is 1. The van der Waals surface area contributed by atoms with Gasteiger partial charge in [-0.1, -0.05) is 18.2 Å². The number of sulfonamides is 1. The maximum Gasteiger partial charge on any atom is 0.241 e. The Kier molecular flexibility index (Phi) is 5.64. The Labute approximate surface area is 138 Å². The lowest BCUT2D eigenvalue weighted by molar-refractivity contribution is -0.127. The summed E-state index contributed by atoms with van der Waals surface area (Å²) >= 11 is 0. The van der Waals surface area contributed by atoms with Gasteiger partial charge >= 0.3 is 0 Å². The number of anilines is 1. The van der Waals surface area contributed by atoms with E-state index in [0.29, 0.717) is 6.54 Å². The minimum Gasteiger partial charge on any atom is -0.370 e. The van der Waals surface area contributed by atoms with Crippen molar-refractivity contribution in [2.75, 3.05) is 32.1 Å². The van der Waals surface area contributed by atoms with Crippen molar-refractivity contribution in [3.63, 3.8) is 0 Å². The SMILES string of the molecule is C[C@H](C(=O)N(C)C)S(=O)(=O)N[C@H]1CCCN(c2ccccc2)C1. The first kappa shape index (κ1) is 17.7. The summed E-state index contributed by atoms with van der Waals surface area (Å²) in [5, 5.41) is -1.08. The summed E-state index contributed by atoms with van der Waals surface area (Å²) in [4.78, 5) is 15.4. The number of carbonyl (C=O) groups is 1. The molecule has 0 radical (unpaired) electrons. The number of benzene rings is 1. The van der Waals surface area contributed by atoms with Crippen molar-refractivity contribution in [1.82, 2.24) is 9.62 Å². The largest absolute Gasteiger partial charge is 0.370 e. The molecule has 1 fully saturated rings. The van der Waals surface area contributed by atoms with Crippen molar-refractivity contribution in [3.8, 4) is 0 Å². The van der Waals surface area contributed by atoms with E-state index in [1.807, 2.05) is 30.3 Å². The Morgan fingerprint density at radius 2 is 1.96 bits per heavy atom. The van der Waals surface area contributed by atoms with Crippen LogP contribution in [0.4, 0.5) is 5.69 Å². The Morgan fingerprint density at radius 3 is 2.57 bits per heavy atom. The van der Waals surface area contributed by atoms with Gasteiger partial charge in [0, 0.05) is 38.9 Å². The van der Waals surface area contributed by atoms with Crippen LogP contribution in [0.2, 0.25) is 0 Å². The lowest BCUT2D eigenvalue weighted by atomic mass is 10.1. The number of piperidine rings is 1. The number of hydrogen-bond donors (Lipinski definition) is 1. The molecule has 0 unspecified atom stereocenters. The maximum atomic E-state index is 12.4. The molecule has 7 heteroatoms. The molecule has 0 aromatic heterocycles. The highest BCUT2D eigenvalue weighted by atomic mass is 32.2. The van der Waals surface area contributed by atoms with Crippen LogP contribution in [0.25, 0.3) is 0 Å². The van der Waals surface area contributed by atoms with Crippen molar-refractivity contribution < 1.29 is 13.2 Å². The molecule has 1 heterocycles. The van der Waals surface area contributed by atoms with Gasteiger partial charge in [-0.05, 0) is 31.9 Å². The fourth-order valence-electron chi connectivity index (χ4n) is 2.78. The minimum atomic E-state index is -3.68. The Morgan fingerprint density at radius 1 is 1.30 bits per heavy atom. The predicted molar refractivity (Wildman–Crippen MR) is 91.9 cm³/mol. The zero-order chi connectivity index (χ0) is 17.0. The molecule has 1 N–H and O–H groups in total. The molecular formula is C16H25N3O3S. The monoisotopic (exact) mass is 339 g/mol. The number of amides is 1. The van der Waals surface area contributed by atoms with E-state index in [-0.39, 0.29) is 6.04 Å². The number of rotatable bonds is 5. The van der Waals surface area contributed by atoms with Gasteiger partial charge in [0.05, 0.1) is 0 Å². The molecule has 0 spiro atoms. The molecule has 6 nitrogen and oxygen atoms in total. The van der Waals surface area contributed by atoms with Gasteiger partial charge in [-0.2, -0.15) is 0 Å². The van der Waals surface area contributed by atoms with Gasteiger partial charge in [0.1, 0.15) is 0 Å². The quantitative estimate of drug-likeness (QED) is 0.871. The van der Waals surface area contributed by atoms with Crippen LogP contribution in [0.3, 0.4) is 0 Å². The molecular weight excluding hydrogens is 314 g/mol. The first-order valence-electron chi connectivity index (χ1n) is 7.83. The second-order valence-electron chi connectivity index (χ2n) is 6.16. The fourth-order valence-corrected chi connectivity index (χ4v) is 4.11. The van der Waals surface area contributed by atoms with Crippen molar-refractivity contribution in [1.29, 1.82) is 0 Å². The van der Waals surface area contributed by atoms with E-state index in [0.717, 1.165) is 25.1 Å². The first-order valence-corrected chi connectivity index (χ1v) is 9.38. The van der Waals surface area contributed by atoms with Crippen LogP contribution in [0.1, 0.15) is 19.8 Å². The van der Waals surface area contributed by atoms with Crippen LogP contribution >= 0.6 is 0 Å². The van der Waals surface area contributed by atoms with E-state index in [1.165, 1.54) is 11.8 Å². The normalized spacial score (nSPS) is 20.1. The third-order valence-corrected chi connectivity index (χ3v) is 5.92. The molecule has 23 heavy (non-hydrogen) atoms. The molecule has 1 aromatic carbocycles. The van der Waals surface area contributed by atoms with Gasteiger partial charge in [0.2, 0.25) is 15.9 Å². The van der Waals surface area contributed by atoms with Crippen molar-refractivity contribution in [2.45, 2.75) is 31.1 Å².